The average Bonchev–Trinajstić information content (AvgIpc) is 3.29. The second kappa shape index (κ2) is 8.19. The number of carbonyl (C=O) groups excluding carboxylic acids is 1. The standard InChI is InChI=1S/C16H14FN7O2S/c1-19-14(21-9-18)10-6-22-24(8-10)16(25)23-15-20-7-13(27-15)26-12-4-2-3-11(17)5-12/h2-9H,1H3,(H2,18,19,21)(H,20,23,25). The molecule has 3 aromatic rings. The maximum Gasteiger partial charge on any atom is 0.348 e. The number of halogens is 1. The van der Waals surface area contributed by atoms with Gasteiger partial charge in [-0.25, -0.2) is 19.2 Å². The van der Waals surface area contributed by atoms with Gasteiger partial charge in [-0.1, -0.05) is 17.4 Å². The third-order valence-electron chi connectivity index (χ3n) is 3.17. The molecule has 0 aliphatic rings. The van der Waals surface area contributed by atoms with Crippen molar-refractivity contribution in [2.24, 2.45) is 15.7 Å². The van der Waals surface area contributed by atoms with Crippen LogP contribution < -0.4 is 15.8 Å². The van der Waals surface area contributed by atoms with E-state index in [1.807, 2.05) is 0 Å². The van der Waals surface area contributed by atoms with Crippen LogP contribution in [-0.4, -0.2) is 40.0 Å². The number of amides is 1. The number of aromatic nitrogens is 3. The first-order valence-corrected chi connectivity index (χ1v) is 8.37. The average molecular weight is 387 g/mol. The lowest BCUT2D eigenvalue weighted by molar-refractivity contribution is 0.251. The Kier molecular flexibility index (Phi) is 5.52. The zero-order valence-corrected chi connectivity index (χ0v) is 14.9. The van der Waals surface area contributed by atoms with Crippen LogP contribution in [0.5, 0.6) is 10.8 Å². The maximum absolute atomic E-state index is 13.2. The SMILES string of the molecule is CN=C(N=CN)c1cnn(C(=O)Nc2ncc(Oc3cccc(F)c3)s2)c1. The van der Waals surface area contributed by atoms with Crippen molar-refractivity contribution in [1.82, 2.24) is 14.8 Å². The smallest absolute Gasteiger partial charge is 0.348 e. The highest BCUT2D eigenvalue weighted by Gasteiger charge is 2.13. The molecule has 0 saturated carbocycles. The van der Waals surface area contributed by atoms with Gasteiger partial charge in [0.1, 0.15) is 11.6 Å². The summed E-state index contributed by atoms with van der Waals surface area (Å²) in [6.45, 7) is 0. The first-order valence-electron chi connectivity index (χ1n) is 7.55. The first-order chi connectivity index (χ1) is 13.1. The minimum atomic E-state index is -0.528. The molecule has 2 aromatic heterocycles. The molecule has 2 heterocycles. The number of aliphatic imine (C=N–C) groups is 2. The molecule has 138 valence electrons. The molecular formula is C16H14FN7O2S. The third-order valence-corrected chi connectivity index (χ3v) is 3.96. The highest BCUT2D eigenvalue weighted by molar-refractivity contribution is 7.17. The number of nitrogens with one attached hydrogen (secondary N) is 1. The van der Waals surface area contributed by atoms with Gasteiger partial charge in [-0.05, 0) is 12.1 Å². The topological polar surface area (TPSA) is 120 Å². The van der Waals surface area contributed by atoms with Gasteiger partial charge in [-0.15, -0.1) is 0 Å². The number of nitrogens with zero attached hydrogens (tertiary/aromatic N) is 5. The summed E-state index contributed by atoms with van der Waals surface area (Å²) in [6.07, 6.45) is 5.44. The van der Waals surface area contributed by atoms with Crippen molar-refractivity contribution >= 4 is 34.7 Å². The minimum absolute atomic E-state index is 0.299. The van der Waals surface area contributed by atoms with Crippen molar-refractivity contribution in [3.8, 4) is 10.8 Å². The Balaban J connectivity index is 1.67. The molecule has 1 aromatic carbocycles. The number of thiazole rings is 1. The molecule has 3 N–H and O–H groups in total. The summed E-state index contributed by atoms with van der Waals surface area (Å²) < 4.78 is 19.8. The van der Waals surface area contributed by atoms with Crippen molar-refractivity contribution in [3.05, 3.63) is 54.2 Å². The molecule has 0 spiro atoms. The van der Waals surface area contributed by atoms with Gasteiger partial charge >= 0.3 is 6.03 Å². The first kappa shape index (κ1) is 18.2. The van der Waals surface area contributed by atoms with E-state index in [0.29, 0.717) is 27.3 Å². The molecule has 0 unspecified atom stereocenters. The van der Waals surface area contributed by atoms with Crippen molar-refractivity contribution < 1.29 is 13.9 Å². The van der Waals surface area contributed by atoms with Crippen LogP contribution in [0, 0.1) is 5.82 Å². The number of nitrogens with two attached hydrogens (primary N) is 1. The second-order valence-corrected chi connectivity index (χ2v) is 5.97. The van der Waals surface area contributed by atoms with E-state index in [-0.39, 0.29) is 0 Å². The van der Waals surface area contributed by atoms with Gasteiger partial charge in [-0.3, -0.25) is 10.3 Å². The van der Waals surface area contributed by atoms with Gasteiger partial charge in [0, 0.05) is 19.3 Å². The summed E-state index contributed by atoms with van der Waals surface area (Å²) >= 11 is 1.09. The highest BCUT2D eigenvalue weighted by Crippen LogP contribution is 2.30. The number of ether oxygens (including phenoxy) is 1. The predicted molar refractivity (Wildman–Crippen MR) is 100 cm³/mol. The number of hydrogen-bond acceptors (Lipinski definition) is 6. The molecule has 0 aliphatic carbocycles. The molecular weight excluding hydrogens is 373 g/mol. The molecule has 9 nitrogen and oxygen atoms in total. The van der Waals surface area contributed by atoms with Gasteiger partial charge in [-0.2, -0.15) is 9.78 Å². The maximum atomic E-state index is 13.2. The van der Waals surface area contributed by atoms with Crippen LogP contribution in [0.25, 0.3) is 0 Å². The lowest BCUT2D eigenvalue weighted by atomic mass is 10.3. The van der Waals surface area contributed by atoms with Gasteiger partial charge in [0.25, 0.3) is 0 Å². The van der Waals surface area contributed by atoms with Gasteiger partial charge in [0.2, 0.25) is 5.06 Å². The van der Waals surface area contributed by atoms with Crippen molar-refractivity contribution in [3.63, 3.8) is 0 Å². The predicted octanol–water partition coefficient (Wildman–Crippen LogP) is 2.71. The quantitative estimate of drug-likeness (QED) is 0.527. The van der Waals surface area contributed by atoms with E-state index in [1.54, 1.807) is 13.1 Å². The number of anilines is 1. The lowest BCUT2D eigenvalue weighted by Gasteiger charge is -2.02. The molecule has 0 saturated heterocycles. The van der Waals surface area contributed by atoms with E-state index in [0.717, 1.165) is 22.4 Å². The summed E-state index contributed by atoms with van der Waals surface area (Å²) in [5.74, 6) is 0.269. The summed E-state index contributed by atoms with van der Waals surface area (Å²) in [5.41, 5.74) is 5.79. The number of rotatable bonds is 4. The number of hydrogen-bond donors (Lipinski definition) is 2. The molecule has 11 heteroatoms. The summed E-state index contributed by atoms with van der Waals surface area (Å²) in [6, 6.07) is 5.19. The summed E-state index contributed by atoms with van der Waals surface area (Å²) in [7, 11) is 1.55. The fraction of sp³-hybridized carbons (Fsp3) is 0.0625. The van der Waals surface area contributed by atoms with E-state index in [9.17, 15) is 9.18 Å². The van der Waals surface area contributed by atoms with Crippen molar-refractivity contribution in [2.75, 3.05) is 12.4 Å². The molecule has 27 heavy (non-hydrogen) atoms. The normalized spacial score (nSPS) is 11.7. The fourth-order valence-electron chi connectivity index (χ4n) is 2.04. The van der Waals surface area contributed by atoms with Crippen LogP contribution in [0.15, 0.2) is 52.8 Å². The van der Waals surface area contributed by atoms with Crippen molar-refractivity contribution in [2.45, 2.75) is 0 Å². The van der Waals surface area contributed by atoms with E-state index < -0.39 is 11.8 Å². The minimum Gasteiger partial charge on any atom is -0.445 e. The molecule has 1 amide bonds. The van der Waals surface area contributed by atoms with E-state index in [1.165, 1.54) is 36.8 Å². The van der Waals surface area contributed by atoms with Crippen LogP contribution in [0.4, 0.5) is 14.3 Å². The van der Waals surface area contributed by atoms with Gasteiger partial charge < -0.3 is 10.5 Å². The third kappa shape index (κ3) is 4.52. The Morgan fingerprint density at radius 2 is 2.30 bits per heavy atom. The van der Waals surface area contributed by atoms with Gasteiger partial charge in [0.05, 0.1) is 24.3 Å². The molecule has 3 rings (SSSR count). The van der Waals surface area contributed by atoms with E-state index >= 15 is 0 Å². The number of benzene rings is 1. The van der Waals surface area contributed by atoms with Crippen LogP contribution in [0.2, 0.25) is 0 Å². The van der Waals surface area contributed by atoms with Crippen LogP contribution in [-0.2, 0) is 0 Å². The Bertz CT molecular complexity index is 1010. The summed E-state index contributed by atoms with van der Waals surface area (Å²) in [4.78, 5) is 24.2. The van der Waals surface area contributed by atoms with Crippen LogP contribution in [0.1, 0.15) is 5.56 Å². The molecule has 0 atom stereocenters. The van der Waals surface area contributed by atoms with Crippen LogP contribution >= 0.6 is 11.3 Å². The zero-order valence-electron chi connectivity index (χ0n) is 14.0. The molecule has 0 fully saturated rings. The Labute approximate surface area is 157 Å². The lowest BCUT2D eigenvalue weighted by Crippen LogP contribution is -2.19. The molecule has 0 bridgehead atoms. The van der Waals surface area contributed by atoms with Gasteiger partial charge in [0.15, 0.2) is 11.0 Å². The second-order valence-electron chi connectivity index (χ2n) is 4.97. The van der Waals surface area contributed by atoms with Crippen LogP contribution in [0.3, 0.4) is 0 Å². The largest absolute Gasteiger partial charge is 0.445 e. The highest BCUT2D eigenvalue weighted by atomic mass is 32.1. The number of carbonyl (C=O) groups is 1. The van der Waals surface area contributed by atoms with E-state index in [2.05, 4.69) is 25.4 Å². The monoisotopic (exact) mass is 387 g/mol. The fourth-order valence-corrected chi connectivity index (χ4v) is 2.72. The molecule has 0 radical (unpaired) electrons. The Morgan fingerprint density at radius 3 is 3.04 bits per heavy atom. The summed E-state index contributed by atoms with van der Waals surface area (Å²) in [5, 5.41) is 7.25. The van der Waals surface area contributed by atoms with E-state index in [4.69, 9.17) is 10.5 Å². The number of amidine groups is 1. The zero-order chi connectivity index (χ0) is 19.2. The Hall–Kier alpha value is -3.60. The molecule has 0 aliphatic heterocycles. The Morgan fingerprint density at radius 1 is 1.44 bits per heavy atom. The van der Waals surface area contributed by atoms with Crippen molar-refractivity contribution in [1.29, 1.82) is 0 Å².